The van der Waals surface area contributed by atoms with E-state index in [2.05, 4.69) is 12.6 Å². The Morgan fingerprint density at radius 2 is 2.33 bits per heavy atom. The topological polar surface area (TPSA) is 18.5 Å². The summed E-state index contributed by atoms with van der Waals surface area (Å²) in [7, 11) is 1.73. The van der Waals surface area contributed by atoms with Crippen LogP contribution in [-0.2, 0) is 9.47 Å². The molecule has 1 fully saturated rings. The minimum absolute atomic E-state index is 0.0191. The second-order valence-corrected chi connectivity index (χ2v) is 3.84. The van der Waals surface area contributed by atoms with Gasteiger partial charge in [-0.25, -0.2) is 0 Å². The van der Waals surface area contributed by atoms with Gasteiger partial charge in [-0.2, -0.15) is 12.6 Å². The van der Waals surface area contributed by atoms with Gasteiger partial charge in [0.05, 0.1) is 12.2 Å². The molecule has 0 bridgehead atoms. The molecule has 0 radical (unpaired) electrons. The van der Waals surface area contributed by atoms with Crippen molar-refractivity contribution in [2.45, 2.75) is 31.3 Å². The van der Waals surface area contributed by atoms with E-state index in [4.69, 9.17) is 9.47 Å². The number of hydrogen-bond donors (Lipinski definition) is 1. The van der Waals surface area contributed by atoms with Gasteiger partial charge in [0.1, 0.15) is 0 Å². The summed E-state index contributed by atoms with van der Waals surface area (Å²) in [5, 5.41) is 0. The Kier molecular flexibility index (Phi) is 4.40. The molecule has 1 atom stereocenters. The largest absolute Gasteiger partial charge is 0.382 e. The molecule has 3 heteroatoms. The number of methoxy groups -OCH3 is 1. The lowest BCUT2D eigenvalue weighted by Gasteiger charge is -2.36. The van der Waals surface area contributed by atoms with E-state index in [-0.39, 0.29) is 5.60 Å². The Labute approximate surface area is 80.0 Å². The fourth-order valence-electron chi connectivity index (χ4n) is 1.76. The lowest BCUT2D eigenvalue weighted by atomic mass is 9.92. The summed E-state index contributed by atoms with van der Waals surface area (Å²) < 4.78 is 11.0. The van der Waals surface area contributed by atoms with Gasteiger partial charge in [-0.3, -0.25) is 0 Å². The second kappa shape index (κ2) is 5.10. The molecular weight excluding hydrogens is 172 g/mol. The highest BCUT2D eigenvalue weighted by Crippen LogP contribution is 2.28. The van der Waals surface area contributed by atoms with Crippen LogP contribution in [-0.4, -0.2) is 31.7 Å². The molecule has 1 heterocycles. The van der Waals surface area contributed by atoms with Crippen LogP contribution in [0, 0.1) is 0 Å². The van der Waals surface area contributed by atoms with Crippen molar-refractivity contribution >= 4 is 12.6 Å². The Morgan fingerprint density at radius 3 is 2.83 bits per heavy atom. The third kappa shape index (κ3) is 2.64. The van der Waals surface area contributed by atoms with Crippen molar-refractivity contribution in [3.05, 3.63) is 0 Å². The first-order valence-electron chi connectivity index (χ1n) is 4.57. The highest BCUT2D eigenvalue weighted by atomic mass is 32.1. The summed E-state index contributed by atoms with van der Waals surface area (Å²) in [5.74, 6) is 0.878. The summed E-state index contributed by atoms with van der Waals surface area (Å²) in [6.07, 6.45) is 4.58. The molecule has 0 aliphatic carbocycles. The Balaban J connectivity index is 2.44. The van der Waals surface area contributed by atoms with Gasteiger partial charge in [-0.1, -0.05) is 0 Å². The average molecular weight is 190 g/mol. The maximum Gasteiger partial charge on any atom is 0.0922 e. The Morgan fingerprint density at radius 1 is 1.50 bits per heavy atom. The smallest absolute Gasteiger partial charge is 0.0922 e. The molecule has 0 saturated carbocycles. The molecule has 0 amide bonds. The molecule has 1 aliphatic rings. The minimum Gasteiger partial charge on any atom is -0.382 e. The fraction of sp³-hybridized carbons (Fsp3) is 1.00. The summed E-state index contributed by atoms with van der Waals surface area (Å²) in [6.45, 7) is 1.60. The van der Waals surface area contributed by atoms with Gasteiger partial charge in [0.2, 0.25) is 0 Å². The van der Waals surface area contributed by atoms with Crippen LogP contribution in [0.5, 0.6) is 0 Å². The van der Waals surface area contributed by atoms with E-state index in [0.29, 0.717) is 6.61 Å². The molecular formula is C9H18O2S. The van der Waals surface area contributed by atoms with Crippen molar-refractivity contribution in [1.29, 1.82) is 0 Å². The van der Waals surface area contributed by atoms with Gasteiger partial charge in [0.25, 0.3) is 0 Å². The van der Waals surface area contributed by atoms with Crippen molar-refractivity contribution in [2.24, 2.45) is 0 Å². The van der Waals surface area contributed by atoms with Crippen molar-refractivity contribution in [3.8, 4) is 0 Å². The maximum atomic E-state index is 5.77. The number of thiol groups is 1. The van der Waals surface area contributed by atoms with Gasteiger partial charge in [-0.15, -0.1) is 0 Å². The highest BCUT2D eigenvalue weighted by Gasteiger charge is 2.32. The Hall–Kier alpha value is 0.270. The predicted octanol–water partition coefficient (Wildman–Crippen LogP) is 1.89. The molecule has 0 N–H and O–H groups in total. The van der Waals surface area contributed by atoms with Crippen LogP contribution in [0.15, 0.2) is 0 Å². The van der Waals surface area contributed by atoms with Gasteiger partial charge < -0.3 is 9.47 Å². The number of rotatable bonds is 4. The van der Waals surface area contributed by atoms with Crippen molar-refractivity contribution < 1.29 is 9.47 Å². The summed E-state index contributed by atoms with van der Waals surface area (Å²) in [6, 6.07) is 0. The van der Waals surface area contributed by atoms with E-state index in [1.54, 1.807) is 7.11 Å². The first-order valence-corrected chi connectivity index (χ1v) is 5.20. The average Bonchev–Trinajstić information content (AvgIpc) is 2.07. The molecule has 1 unspecified atom stereocenters. The number of hydrogen-bond acceptors (Lipinski definition) is 3. The molecule has 0 aromatic rings. The second-order valence-electron chi connectivity index (χ2n) is 3.40. The van der Waals surface area contributed by atoms with E-state index in [1.807, 2.05) is 0 Å². The third-order valence-electron chi connectivity index (χ3n) is 2.41. The lowest BCUT2D eigenvalue weighted by molar-refractivity contribution is -0.116. The molecule has 0 aromatic heterocycles. The normalized spacial score (nSPS) is 30.5. The van der Waals surface area contributed by atoms with E-state index in [9.17, 15) is 0 Å². The molecule has 1 rings (SSSR count). The fourth-order valence-corrected chi connectivity index (χ4v) is 2.17. The van der Waals surface area contributed by atoms with E-state index in [1.165, 1.54) is 12.8 Å². The van der Waals surface area contributed by atoms with Crippen LogP contribution >= 0.6 is 12.6 Å². The third-order valence-corrected chi connectivity index (χ3v) is 2.63. The summed E-state index contributed by atoms with van der Waals surface area (Å²) in [4.78, 5) is 0. The van der Waals surface area contributed by atoms with E-state index >= 15 is 0 Å². The van der Waals surface area contributed by atoms with Gasteiger partial charge >= 0.3 is 0 Å². The van der Waals surface area contributed by atoms with Crippen molar-refractivity contribution in [1.82, 2.24) is 0 Å². The lowest BCUT2D eigenvalue weighted by Crippen LogP contribution is -2.41. The van der Waals surface area contributed by atoms with Crippen LogP contribution in [0.25, 0.3) is 0 Å². The first-order chi connectivity index (χ1) is 5.83. The summed E-state index contributed by atoms with van der Waals surface area (Å²) in [5.41, 5.74) is -0.0191. The van der Waals surface area contributed by atoms with E-state index in [0.717, 1.165) is 25.2 Å². The predicted molar refractivity (Wildman–Crippen MR) is 52.9 cm³/mol. The summed E-state index contributed by atoms with van der Waals surface area (Å²) >= 11 is 4.24. The molecule has 0 aromatic carbocycles. The molecule has 2 nitrogen and oxygen atoms in total. The van der Waals surface area contributed by atoms with Crippen LogP contribution < -0.4 is 0 Å². The number of ether oxygens (including phenoxy) is 2. The molecule has 12 heavy (non-hydrogen) atoms. The molecule has 0 spiro atoms. The van der Waals surface area contributed by atoms with Gasteiger partial charge in [0, 0.05) is 13.7 Å². The van der Waals surface area contributed by atoms with Crippen molar-refractivity contribution in [2.75, 3.05) is 26.1 Å². The zero-order valence-electron chi connectivity index (χ0n) is 7.71. The zero-order chi connectivity index (χ0) is 8.86. The van der Waals surface area contributed by atoms with Gasteiger partial charge in [-0.05, 0) is 31.4 Å². The van der Waals surface area contributed by atoms with Crippen LogP contribution in [0.2, 0.25) is 0 Å². The zero-order valence-corrected chi connectivity index (χ0v) is 8.61. The van der Waals surface area contributed by atoms with E-state index < -0.39 is 0 Å². The van der Waals surface area contributed by atoms with Crippen molar-refractivity contribution in [3.63, 3.8) is 0 Å². The molecule has 72 valence electrons. The molecule has 1 aliphatic heterocycles. The quantitative estimate of drug-likeness (QED) is 0.682. The minimum atomic E-state index is -0.0191. The maximum absolute atomic E-state index is 5.77. The molecule has 1 saturated heterocycles. The standard InChI is InChI=1S/C9H18O2S/c1-10-8-9(5-7-12)4-2-3-6-11-9/h12H,2-8H2,1H3. The van der Waals surface area contributed by atoms with Crippen LogP contribution in [0.4, 0.5) is 0 Å². The van der Waals surface area contributed by atoms with Crippen LogP contribution in [0.3, 0.4) is 0 Å². The Bertz CT molecular complexity index is 106. The van der Waals surface area contributed by atoms with Crippen LogP contribution in [0.1, 0.15) is 25.7 Å². The van der Waals surface area contributed by atoms with Gasteiger partial charge in [0.15, 0.2) is 0 Å². The monoisotopic (exact) mass is 190 g/mol. The highest BCUT2D eigenvalue weighted by molar-refractivity contribution is 7.80. The SMILES string of the molecule is COCC1(CCS)CCCCO1. The first kappa shape index (κ1) is 10.4.